The third-order valence-electron chi connectivity index (χ3n) is 2.99. The lowest BCUT2D eigenvalue weighted by molar-refractivity contribution is 0.373. The van der Waals surface area contributed by atoms with Crippen LogP contribution in [0.25, 0.3) is 0 Å². The summed E-state index contributed by atoms with van der Waals surface area (Å²) in [6.07, 6.45) is 1.67. The lowest BCUT2D eigenvalue weighted by atomic mass is 10.2. The van der Waals surface area contributed by atoms with Gasteiger partial charge >= 0.3 is 0 Å². The van der Waals surface area contributed by atoms with Crippen LogP contribution in [-0.2, 0) is 13.6 Å². The van der Waals surface area contributed by atoms with E-state index < -0.39 is 0 Å². The zero-order chi connectivity index (χ0) is 13.8. The molecule has 0 amide bonds. The average Bonchev–Trinajstić information content (AvgIpc) is 2.82. The fourth-order valence-electron chi connectivity index (χ4n) is 1.89. The van der Waals surface area contributed by atoms with Crippen molar-refractivity contribution >= 4 is 0 Å². The van der Waals surface area contributed by atoms with E-state index >= 15 is 0 Å². The normalized spacial score (nSPS) is 12.4. The Balaban J connectivity index is 1.99. The first-order valence-electron chi connectivity index (χ1n) is 6.05. The Morgan fingerprint density at radius 3 is 2.84 bits per heavy atom. The number of aromatic hydroxyl groups is 1. The molecule has 1 atom stereocenters. The van der Waals surface area contributed by atoms with Gasteiger partial charge in [0.2, 0.25) is 0 Å². The van der Waals surface area contributed by atoms with E-state index in [2.05, 4.69) is 15.5 Å². The molecule has 0 spiro atoms. The Labute approximate surface area is 112 Å². The van der Waals surface area contributed by atoms with Crippen molar-refractivity contribution in [2.24, 2.45) is 7.05 Å². The third kappa shape index (κ3) is 3.03. The predicted octanol–water partition coefficient (Wildman–Crippen LogP) is 1.38. The molecule has 2 rings (SSSR count). The van der Waals surface area contributed by atoms with Crippen molar-refractivity contribution < 1.29 is 9.84 Å². The molecule has 102 valence electrons. The van der Waals surface area contributed by atoms with Gasteiger partial charge in [0.05, 0.1) is 13.2 Å². The van der Waals surface area contributed by atoms with Crippen molar-refractivity contribution in [1.82, 2.24) is 20.1 Å². The van der Waals surface area contributed by atoms with E-state index in [-0.39, 0.29) is 11.8 Å². The van der Waals surface area contributed by atoms with Gasteiger partial charge in [-0.05, 0) is 24.6 Å². The second-order valence-electron chi connectivity index (χ2n) is 4.41. The zero-order valence-corrected chi connectivity index (χ0v) is 11.3. The summed E-state index contributed by atoms with van der Waals surface area (Å²) in [5, 5.41) is 20.9. The summed E-state index contributed by atoms with van der Waals surface area (Å²) in [4.78, 5) is 0. The quantitative estimate of drug-likeness (QED) is 0.851. The number of phenols is 1. The van der Waals surface area contributed by atoms with Crippen LogP contribution in [0, 0.1) is 0 Å². The Kier molecular flexibility index (Phi) is 4.01. The van der Waals surface area contributed by atoms with Crippen LogP contribution in [0.3, 0.4) is 0 Å². The largest absolute Gasteiger partial charge is 0.504 e. The first kappa shape index (κ1) is 13.4. The Morgan fingerprint density at radius 1 is 1.47 bits per heavy atom. The van der Waals surface area contributed by atoms with E-state index in [4.69, 9.17) is 4.74 Å². The highest BCUT2D eigenvalue weighted by molar-refractivity contribution is 5.41. The minimum absolute atomic E-state index is 0.0803. The Morgan fingerprint density at radius 2 is 2.26 bits per heavy atom. The van der Waals surface area contributed by atoms with Crippen molar-refractivity contribution in [2.75, 3.05) is 7.11 Å². The number of ether oxygens (including phenoxy) is 1. The number of benzene rings is 1. The molecule has 1 unspecified atom stereocenters. The summed E-state index contributed by atoms with van der Waals surface area (Å²) in [7, 11) is 3.44. The van der Waals surface area contributed by atoms with Gasteiger partial charge in [-0.25, -0.2) is 0 Å². The summed E-state index contributed by atoms with van der Waals surface area (Å²) < 4.78 is 6.89. The number of aromatic nitrogens is 3. The van der Waals surface area contributed by atoms with Gasteiger partial charge in [0.25, 0.3) is 0 Å². The molecule has 1 heterocycles. The number of phenolic OH excluding ortho intramolecular Hbond substituents is 1. The van der Waals surface area contributed by atoms with Gasteiger partial charge in [0, 0.05) is 13.6 Å². The summed E-state index contributed by atoms with van der Waals surface area (Å²) in [5.74, 6) is 1.50. The van der Waals surface area contributed by atoms with Crippen LogP contribution in [-0.4, -0.2) is 27.0 Å². The summed E-state index contributed by atoms with van der Waals surface area (Å²) in [5.41, 5.74) is 0.979. The highest BCUT2D eigenvalue weighted by Gasteiger charge is 2.11. The molecule has 0 saturated carbocycles. The third-order valence-corrected chi connectivity index (χ3v) is 2.99. The van der Waals surface area contributed by atoms with Crippen LogP contribution in [0.1, 0.15) is 24.4 Å². The molecular formula is C13H18N4O2. The fourth-order valence-corrected chi connectivity index (χ4v) is 1.89. The first-order chi connectivity index (χ1) is 9.11. The number of hydrogen-bond acceptors (Lipinski definition) is 5. The molecule has 0 aliphatic heterocycles. The van der Waals surface area contributed by atoms with Crippen LogP contribution >= 0.6 is 0 Å². The highest BCUT2D eigenvalue weighted by atomic mass is 16.5. The molecule has 0 bridgehead atoms. The maximum atomic E-state index is 9.71. The number of hydrogen-bond donors (Lipinski definition) is 2. The number of nitrogens with one attached hydrogen (secondary N) is 1. The van der Waals surface area contributed by atoms with Crippen molar-refractivity contribution in [2.45, 2.75) is 19.5 Å². The van der Waals surface area contributed by atoms with Crippen molar-refractivity contribution in [3.63, 3.8) is 0 Å². The van der Waals surface area contributed by atoms with Gasteiger partial charge in [-0.3, -0.25) is 0 Å². The van der Waals surface area contributed by atoms with Gasteiger partial charge in [-0.2, -0.15) is 0 Å². The van der Waals surface area contributed by atoms with Gasteiger partial charge in [0.15, 0.2) is 11.5 Å². The molecule has 0 saturated heterocycles. The molecule has 0 aliphatic rings. The van der Waals surface area contributed by atoms with E-state index in [0.29, 0.717) is 12.3 Å². The Hall–Kier alpha value is -2.08. The standard InChI is InChI=1S/C13H18N4O2/c1-9(13-16-15-8-17(13)2)14-7-10-4-5-12(19-3)11(18)6-10/h4-6,8-9,14,18H,7H2,1-3H3. The number of methoxy groups -OCH3 is 1. The SMILES string of the molecule is COc1ccc(CNC(C)c2nncn2C)cc1O. The van der Waals surface area contributed by atoms with Gasteiger partial charge < -0.3 is 19.7 Å². The molecule has 0 aliphatic carbocycles. The first-order valence-corrected chi connectivity index (χ1v) is 6.05. The molecule has 2 aromatic rings. The highest BCUT2D eigenvalue weighted by Crippen LogP contribution is 2.26. The van der Waals surface area contributed by atoms with E-state index in [9.17, 15) is 5.11 Å². The molecule has 6 nitrogen and oxygen atoms in total. The van der Waals surface area contributed by atoms with E-state index in [1.807, 2.05) is 24.6 Å². The van der Waals surface area contributed by atoms with Gasteiger partial charge in [-0.1, -0.05) is 6.07 Å². The van der Waals surface area contributed by atoms with E-state index in [0.717, 1.165) is 11.4 Å². The second-order valence-corrected chi connectivity index (χ2v) is 4.41. The second kappa shape index (κ2) is 5.71. The Bertz CT molecular complexity index is 553. The predicted molar refractivity (Wildman–Crippen MR) is 70.9 cm³/mol. The smallest absolute Gasteiger partial charge is 0.160 e. The fraction of sp³-hybridized carbons (Fsp3) is 0.385. The minimum atomic E-state index is 0.0803. The van der Waals surface area contributed by atoms with Gasteiger partial charge in [-0.15, -0.1) is 10.2 Å². The molecule has 6 heteroatoms. The van der Waals surface area contributed by atoms with E-state index in [1.165, 1.54) is 7.11 Å². The molecule has 1 aromatic heterocycles. The van der Waals surface area contributed by atoms with Crippen molar-refractivity contribution in [3.05, 3.63) is 35.9 Å². The monoisotopic (exact) mass is 262 g/mol. The summed E-state index contributed by atoms with van der Waals surface area (Å²) in [6, 6.07) is 5.43. The number of nitrogens with zero attached hydrogens (tertiary/aromatic N) is 3. The molecule has 19 heavy (non-hydrogen) atoms. The summed E-state index contributed by atoms with van der Waals surface area (Å²) in [6.45, 7) is 2.65. The average molecular weight is 262 g/mol. The molecule has 0 radical (unpaired) electrons. The zero-order valence-electron chi connectivity index (χ0n) is 11.3. The lowest BCUT2D eigenvalue weighted by Crippen LogP contribution is -2.21. The van der Waals surface area contributed by atoms with Crippen molar-refractivity contribution in [3.8, 4) is 11.5 Å². The van der Waals surface area contributed by atoms with Gasteiger partial charge in [0.1, 0.15) is 12.2 Å². The van der Waals surface area contributed by atoms with Crippen LogP contribution < -0.4 is 10.1 Å². The number of aryl methyl sites for hydroxylation is 1. The van der Waals surface area contributed by atoms with Crippen LogP contribution in [0.5, 0.6) is 11.5 Å². The van der Waals surface area contributed by atoms with Crippen LogP contribution in [0.2, 0.25) is 0 Å². The van der Waals surface area contributed by atoms with Crippen LogP contribution in [0.15, 0.2) is 24.5 Å². The van der Waals surface area contributed by atoms with Crippen molar-refractivity contribution in [1.29, 1.82) is 0 Å². The molecular weight excluding hydrogens is 244 g/mol. The number of rotatable bonds is 5. The van der Waals surface area contributed by atoms with E-state index in [1.54, 1.807) is 18.5 Å². The van der Waals surface area contributed by atoms with Crippen LogP contribution in [0.4, 0.5) is 0 Å². The molecule has 1 aromatic carbocycles. The maximum absolute atomic E-state index is 9.71. The summed E-state index contributed by atoms with van der Waals surface area (Å²) >= 11 is 0. The maximum Gasteiger partial charge on any atom is 0.160 e. The molecule has 0 fully saturated rings. The topological polar surface area (TPSA) is 72.2 Å². The minimum Gasteiger partial charge on any atom is -0.504 e. The molecule has 2 N–H and O–H groups in total. The lowest BCUT2D eigenvalue weighted by Gasteiger charge is -2.13.